The van der Waals surface area contributed by atoms with Crippen molar-refractivity contribution in [3.8, 4) is 0 Å². The van der Waals surface area contributed by atoms with E-state index in [1.165, 1.54) is 24.0 Å². The van der Waals surface area contributed by atoms with Gasteiger partial charge < -0.3 is 10.3 Å². The van der Waals surface area contributed by atoms with E-state index < -0.39 is 0 Å². The predicted octanol–water partition coefficient (Wildman–Crippen LogP) is 3.46. The monoisotopic (exact) mass is 323 g/mol. The third-order valence-corrected chi connectivity index (χ3v) is 4.08. The quantitative estimate of drug-likeness (QED) is 0.846. The van der Waals surface area contributed by atoms with Gasteiger partial charge >= 0.3 is 0 Å². The Bertz CT molecular complexity index is 679. The van der Waals surface area contributed by atoms with Crippen LogP contribution < -0.4 is 10.9 Å². The highest BCUT2D eigenvalue weighted by atomic mass is 35.5. The van der Waals surface area contributed by atoms with Gasteiger partial charge in [-0.3, -0.25) is 4.79 Å². The van der Waals surface area contributed by atoms with Crippen molar-refractivity contribution in [2.24, 2.45) is 0 Å². The molecule has 0 aliphatic heterocycles. The molecule has 0 aliphatic rings. The van der Waals surface area contributed by atoms with Gasteiger partial charge in [0.15, 0.2) is 5.16 Å². The van der Waals surface area contributed by atoms with Crippen LogP contribution >= 0.6 is 23.4 Å². The normalized spacial score (nSPS) is 11.6. The van der Waals surface area contributed by atoms with Crippen molar-refractivity contribution in [3.05, 3.63) is 51.4 Å². The van der Waals surface area contributed by atoms with Crippen LogP contribution in [0.2, 0.25) is 5.02 Å². The van der Waals surface area contributed by atoms with Gasteiger partial charge in [0.05, 0.1) is 5.02 Å². The zero-order valence-corrected chi connectivity index (χ0v) is 13.8. The van der Waals surface area contributed by atoms with Crippen LogP contribution in [0.3, 0.4) is 0 Å². The summed E-state index contributed by atoms with van der Waals surface area (Å²) in [7, 11) is 0. The molecule has 0 unspecified atom stereocenters. The van der Waals surface area contributed by atoms with Crippen LogP contribution in [0.5, 0.6) is 0 Å². The summed E-state index contributed by atoms with van der Waals surface area (Å²) in [4.78, 5) is 18.9. The Hall–Kier alpha value is -1.30. The number of halogens is 1. The van der Waals surface area contributed by atoms with E-state index in [-0.39, 0.29) is 11.1 Å². The molecule has 6 heteroatoms. The molecule has 2 aromatic rings. The number of H-pyrrole nitrogens is 1. The van der Waals surface area contributed by atoms with E-state index in [1.807, 2.05) is 18.2 Å². The molecule has 4 nitrogen and oxygen atoms in total. The Morgan fingerprint density at radius 1 is 1.33 bits per heavy atom. The van der Waals surface area contributed by atoms with Crippen molar-refractivity contribution in [1.29, 1.82) is 0 Å². The molecular weight excluding hydrogens is 306 g/mol. The lowest BCUT2D eigenvalue weighted by Gasteiger charge is -2.20. The van der Waals surface area contributed by atoms with Crippen LogP contribution in [0.4, 0.5) is 0 Å². The Morgan fingerprint density at radius 2 is 2.10 bits per heavy atom. The van der Waals surface area contributed by atoms with E-state index >= 15 is 0 Å². The molecule has 0 atom stereocenters. The maximum absolute atomic E-state index is 11.2. The molecule has 0 spiro atoms. The maximum atomic E-state index is 11.2. The van der Waals surface area contributed by atoms with Gasteiger partial charge in [-0.1, -0.05) is 29.4 Å². The molecule has 0 aliphatic carbocycles. The zero-order valence-electron chi connectivity index (χ0n) is 12.2. The number of rotatable bonds is 4. The highest BCUT2D eigenvalue weighted by Crippen LogP contribution is 2.31. The summed E-state index contributed by atoms with van der Waals surface area (Å²) in [6, 6.07) is 7.28. The lowest BCUT2D eigenvalue weighted by atomic mass is 10.1. The van der Waals surface area contributed by atoms with Gasteiger partial charge in [0.2, 0.25) is 0 Å². The van der Waals surface area contributed by atoms with Gasteiger partial charge in [0, 0.05) is 29.2 Å². The Labute approximate surface area is 133 Å². The third kappa shape index (κ3) is 5.19. The van der Waals surface area contributed by atoms with Crippen molar-refractivity contribution >= 4 is 23.4 Å². The van der Waals surface area contributed by atoms with Crippen LogP contribution in [0, 0.1) is 0 Å². The molecule has 1 heterocycles. The highest BCUT2D eigenvalue weighted by Gasteiger charge is 2.10. The van der Waals surface area contributed by atoms with E-state index in [0.29, 0.717) is 10.2 Å². The van der Waals surface area contributed by atoms with Crippen molar-refractivity contribution in [2.75, 3.05) is 0 Å². The first kappa shape index (κ1) is 16.1. The van der Waals surface area contributed by atoms with Gasteiger partial charge in [-0.25, -0.2) is 4.98 Å². The Balaban J connectivity index is 2.10. The first-order valence-corrected chi connectivity index (χ1v) is 7.79. The summed E-state index contributed by atoms with van der Waals surface area (Å²) >= 11 is 7.64. The lowest BCUT2D eigenvalue weighted by molar-refractivity contribution is 0.424. The highest BCUT2D eigenvalue weighted by molar-refractivity contribution is 7.99. The molecule has 0 fully saturated rings. The Morgan fingerprint density at radius 3 is 2.71 bits per heavy atom. The van der Waals surface area contributed by atoms with Gasteiger partial charge in [-0.15, -0.1) is 0 Å². The summed E-state index contributed by atoms with van der Waals surface area (Å²) < 4.78 is 0. The van der Waals surface area contributed by atoms with Crippen LogP contribution in [-0.4, -0.2) is 15.5 Å². The lowest BCUT2D eigenvalue weighted by Crippen LogP contribution is -2.35. The predicted molar refractivity (Wildman–Crippen MR) is 87.0 cm³/mol. The number of hydrogen-bond donors (Lipinski definition) is 2. The van der Waals surface area contributed by atoms with Crippen molar-refractivity contribution in [1.82, 2.24) is 15.3 Å². The molecule has 2 N–H and O–H groups in total. The van der Waals surface area contributed by atoms with Crippen LogP contribution in [0.15, 0.2) is 45.3 Å². The molecule has 0 bridgehead atoms. The van der Waals surface area contributed by atoms with Crippen molar-refractivity contribution < 1.29 is 0 Å². The third-order valence-electron chi connectivity index (χ3n) is 2.67. The molecule has 112 valence electrons. The number of aromatic nitrogens is 2. The number of aromatic amines is 1. The second-order valence-corrected chi connectivity index (χ2v) is 7.15. The SMILES string of the molecule is CC(C)(C)NCc1ccc(Sc2nccc(=O)[nH]2)c(Cl)c1. The fourth-order valence-electron chi connectivity index (χ4n) is 1.61. The topological polar surface area (TPSA) is 57.8 Å². The molecule has 0 saturated carbocycles. The van der Waals surface area contributed by atoms with Gasteiger partial charge in [0.1, 0.15) is 0 Å². The van der Waals surface area contributed by atoms with E-state index in [9.17, 15) is 4.79 Å². The van der Waals surface area contributed by atoms with E-state index in [2.05, 4.69) is 36.1 Å². The molecule has 2 rings (SSSR count). The molecular formula is C15H18ClN3OS. The van der Waals surface area contributed by atoms with Crippen molar-refractivity contribution in [2.45, 2.75) is 42.9 Å². The average Bonchev–Trinajstić information content (AvgIpc) is 2.38. The summed E-state index contributed by atoms with van der Waals surface area (Å²) in [5.41, 5.74) is 1.01. The number of nitrogens with one attached hydrogen (secondary N) is 2. The standard InChI is InChI=1S/C15H18ClN3OS/c1-15(2,3)18-9-10-4-5-12(11(16)8-10)21-14-17-7-6-13(20)19-14/h4-8,18H,9H2,1-3H3,(H,17,19,20). The van der Waals surface area contributed by atoms with E-state index in [4.69, 9.17) is 11.6 Å². The maximum Gasteiger partial charge on any atom is 0.251 e. The first-order chi connectivity index (χ1) is 9.83. The number of hydrogen-bond acceptors (Lipinski definition) is 4. The van der Waals surface area contributed by atoms with Crippen LogP contribution in [0.25, 0.3) is 0 Å². The van der Waals surface area contributed by atoms with Gasteiger partial charge in [-0.2, -0.15) is 0 Å². The zero-order chi connectivity index (χ0) is 15.5. The minimum Gasteiger partial charge on any atom is -0.308 e. The van der Waals surface area contributed by atoms with E-state index in [1.54, 1.807) is 0 Å². The summed E-state index contributed by atoms with van der Waals surface area (Å²) in [5, 5.41) is 4.60. The minimum atomic E-state index is -0.172. The molecule has 0 amide bonds. The van der Waals surface area contributed by atoms with E-state index in [0.717, 1.165) is 17.0 Å². The fourth-order valence-corrected chi connectivity index (χ4v) is 2.70. The van der Waals surface area contributed by atoms with Crippen LogP contribution in [-0.2, 0) is 6.54 Å². The summed E-state index contributed by atoms with van der Waals surface area (Å²) in [6.07, 6.45) is 1.48. The van der Waals surface area contributed by atoms with Gasteiger partial charge in [0.25, 0.3) is 5.56 Å². The fraction of sp³-hybridized carbons (Fsp3) is 0.333. The number of nitrogens with zero attached hydrogens (tertiary/aromatic N) is 1. The Kier molecular flexibility index (Phi) is 5.08. The second kappa shape index (κ2) is 6.64. The summed E-state index contributed by atoms with van der Waals surface area (Å²) in [5.74, 6) is 0. The number of benzene rings is 1. The molecule has 21 heavy (non-hydrogen) atoms. The van der Waals surface area contributed by atoms with Crippen LogP contribution in [0.1, 0.15) is 26.3 Å². The second-order valence-electron chi connectivity index (χ2n) is 5.71. The average molecular weight is 324 g/mol. The van der Waals surface area contributed by atoms with Gasteiger partial charge in [-0.05, 0) is 38.5 Å². The smallest absolute Gasteiger partial charge is 0.251 e. The molecule has 1 aromatic heterocycles. The van der Waals surface area contributed by atoms with Crippen molar-refractivity contribution in [3.63, 3.8) is 0 Å². The molecule has 0 saturated heterocycles. The summed E-state index contributed by atoms with van der Waals surface area (Å²) in [6.45, 7) is 7.12. The molecule has 0 radical (unpaired) electrons. The first-order valence-electron chi connectivity index (χ1n) is 6.60. The largest absolute Gasteiger partial charge is 0.308 e. The minimum absolute atomic E-state index is 0.0628. The molecule has 1 aromatic carbocycles.